The van der Waals surface area contributed by atoms with Crippen molar-refractivity contribution in [2.45, 2.75) is 114 Å². The normalized spacial score (nSPS) is 30.8. The highest BCUT2D eigenvalue weighted by Gasteiger charge is 2.58. The number of aromatic hydroxyl groups is 2. The van der Waals surface area contributed by atoms with Crippen LogP contribution in [0.4, 0.5) is 0 Å². The van der Waals surface area contributed by atoms with Crippen LogP contribution in [0.25, 0.3) is 11.0 Å². The Balaban J connectivity index is 1.33. The van der Waals surface area contributed by atoms with Crippen LogP contribution in [-0.2, 0) is 29.0 Å². The molecule has 10 rings (SSSR count). The summed E-state index contributed by atoms with van der Waals surface area (Å²) in [4.78, 5) is 28.4. The van der Waals surface area contributed by atoms with E-state index in [1.165, 1.54) is 17.2 Å². The third kappa shape index (κ3) is 6.58. The molecule has 9 atom stereocenters. The van der Waals surface area contributed by atoms with E-state index >= 15 is 0 Å². The lowest BCUT2D eigenvalue weighted by Gasteiger charge is -2.52. The predicted molar refractivity (Wildman–Crippen MR) is 238 cm³/mol. The van der Waals surface area contributed by atoms with Crippen molar-refractivity contribution in [1.29, 1.82) is 0 Å². The zero-order chi connectivity index (χ0) is 44.8. The minimum atomic E-state index is -1.32. The molecule has 14 heteroatoms. The van der Waals surface area contributed by atoms with Crippen LogP contribution in [0.15, 0.2) is 91.1 Å². The topological polar surface area (TPSA) is 229 Å². The summed E-state index contributed by atoms with van der Waals surface area (Å²) in [5.74, 6) is -2.71. The van der Waals surface area contributed by atoms with Gasteiger partial charge >= 0.3 is 5.97 Å². The fourth-order valence-electron chi connectivity index (χ4n) is 12.6. The van der Waals surface area contributed by atoms with Gasteiger partial charge in [0.25, 0.3) is 0 Å². The first-order chi connectivity index (χ1) is 30.9. The van der Waals surface area contributed by atoms with Gasteiger partial charge in [0, 0.05) is 60.2 Å². The van der Waals surface area contributed by atoms with E-state index in [9.17, 15) is 35.1 Å². The molecule has 2 fully saturated rings. The zero-order valence-electron chi connectivity index (χ0n) is 36.5. The molecule has 0 radical (unpaired) electrons. The van der Waals surface area contributed by atoms with E-state index in [0.29, 0.717) is 48.8 Å². The minimum Gasteiger partial charge on any atom is -0.508 e. The second kappa shape index (κ2) is 16.2. The molecule has 1 saturated carbocycles. The van der Waals surface area contributed by atoms with Gasteiger partial charge in [-0.15, -0.1) is 0 Å². The van der Waals surface area contributed by atoms with E-state index in [1.54, 1.807) is 19.1 Å². The number of nitrogens with two attached hydrogens (primary N) is 1. The summed E-state index contributed by atoms with van der Waals surface area (Å²) in [7, 11) is 0. The molecule has 10 N–H and O–H groups in total. The van der Waals surface area contributed by atoms with Crippen LogP contribution in [0.5, 0.6) is 17.2 Å². The van der Waals surface area contributed by atoms with E-state index in [1.807, 2.05) is 13.0 Å². The van der Waals surface area contributed by atoms with Gasteiger partial charge in [-0.25, -0.2) is 4.79 Å². The summed E-state index contributed by atoms with van der Waals surface area (Å²) in [6.45, 7) is 4.67. The second-order valence-electron chi connectivity index (χ2n) is 18.9. The van der Waals surface area contributed by atoms with Crippen molar-refractivity contribution in [3.8, 4) is 17.2 Å². The number of carbonyl (C=O) groups is 1. The number of phenols is 2. The number of aryl methyl sites for hydroxylation is 1. The molecule has 0 spiro atoms. The van der Waals surface area contributed by atoms with Gasteiger partial charge in [0.05, 0.1) is 25.0 Å². The molecule has 338 valence electrons. The molecule has 9 unspecified atom stereocenters. The first-order valence-corrected chi connectivity index (χ1v) is 22.8. The van der Waals surface area contributed by atoms with Crippen molar-refractivity contribution >= 4 is 16.9 Å². The number of piperidine rings is 1. The third-order valence-corrected chi connectivity index (χ3v) is 15.7. The molecule has 4 bridgehead atoms. The summed E-state index contributed by atoms with van der Waals surface area (Å²) in [5, 5.41) is 66.8. The Morgan fingerprint density at radius 1 is 1.08 bits per heavy atom. The van der Waals surface area contributed by atoms with E-state index in [-0.39, 0.29) is 69.7 Å². The number of esters is 1. The minimum absolute atomic E-state index is 0.00495. The number of phenolic OH excluding ortho intramolecular Hbond substituents is 2. The molecule has 6 heterocycles. The molecule has 7 aliphatic rings. The van der Waals surface area contributed by atoms with E-state index in [2.05, 4.69) is 35.2 Å². The van der Waals surface area contributed by atoms with Crippen LogP contribution in [-0.4, -0.2) is 75.2 Å². The number of benzene rings is 2. The first kappa shape index (κ1) is 42.4. The van der Waals surface area contributed by atoms with Gasteiger partial charge in [-0.3, -0.25) is 10.1 Å². The Morgan fingerprint density at radius 2 is 1.91 bits per heavy atom. The van der Waals surface area contributed by atoms with Crippen molar-refractivity contribution in [2.75, 3.05) is 19.8 Å². The van der Waals surface area contributed by atoms with E-state index < -0.39 is 60.5 Å². The number of carbonyl (C=O) groups excluding carboxylic acids is 1. The lowest BCUT2D eigenvalue weighted by molar-refractivity contribution is -0.169. The molecular formula is C50H58N4O10. The van der Waals surface area contributed by atoms with Crippen LogP contribution < -0.4 is 31.8 Å². The highest BCUT2D eigenvalue weighted by atomic mass is 16.6. The Kier molecular flexibility index (Phi) is 10.7. The van der Waals surface area contributed by atoms with E-state index in [0.717, 1.165) is 54.0 Å². The largest absolute Gasteiger partial charge is 0.508 e. The Labute approximate surface area is 371 Å². The Hall–Kier alpha value is -5.54. The summed E-state index contributed by atoms with van der Waals surface area (Å²) >= 11 is 0. The maximum absolute atomic E-state index is 14.3. The summed E-state index contributed by atoms with van der Waals surface area (Å²) in [5.41, 5.74) is 13.2. The van der Waals surface area contributed by atoms with Gasteiger partial charge in [0.15, 0.2) is 5.43 Å². The van der Waals surface area contributed by atoms with Crippen molar-refractivity contribution < 1.29 is 44.2 Å². The number of nitrogens with one attached hydrogen (secondary N) is 3. The molecule has 2 aliphatic carbocycles. The molecular weight excluding hydrogens is 817 g/mol. The van der Waals surface area contributed by atoms with Crippen molar-refractivity contribution in [3.63, 3.8) is 0 Å². The molecule has 1 saturated heterocycles. The van der Waals surface area contributed by atoms with Gasteiger partial charge in [-0.2, -0.15) is 0 Å². The summed E-state index contributed by atoms with van der Waals surface area (Å²) in [6, 6.07) is 6.79. The van der Waals surface area contributed by atoms with Gasteiger partial charge in [0.1, 0.15) is 58.1 Å². The average molecular weight is 875 g/mol. The maximum Gasteiger partial charge on any atom is 0.336 e. The first-order valence-electron chi connectivity index (χ1n) is 22.8. The Bertz CT molecular complexity index is 2680. The number of aliphatic hydroxyl groups excluding tert-OH is 3. The summed E-state index contributed by atoms with van der Waals surface area (Å²) in [6.07, 6.45) is 9.89. The summed E-state index contributed by atoms with van der Waals surface area (Å²) < 4.78 is 20.6. The number of fused-ring (bicyclic) bond motifs is 10. The van der Waals surface area contributed by atoms with E-state index in [4.69, 9.17) is 19.6 Å². The zero-order valence-corrected chi connectivity index (χ0v) is 36.5. The molecule has 1 aromatic heterocycles. The molecule has 64 heavy (non-hydrogen) atoms. The fraction of sp³-hybridized carbons (Fsp3) is 0.480. The molecule has 2 aromatic carbocycles. The Morgan fingerprint density at radius 3 is 2.67 bits per heavy atom. The van der Waals surface area contributed by atoms with Gasteiger partial charge in [-0.1, -0.05) is 18.2 Å². The van der Waals surface area contributed by atoms with Crippen LogP contribution in [0.2, 0.25) is 0 Å². The van der Waals surface area contributed by atoms with Crippen LogP contribution in [0.1, 0.15) is 99.1 Å². The molecule has 5 aliphatic heterocycles. The van der Waals surface area contributed by atoms with Gasteiger partial charge in [-0.05, 0) is 129 Å². The van der Waals surface area contributed by atoms with Crippen molar-refractivity contribution in [1.82, 2.24) is 16.0 Å². The highest BCUT2D eigenvalue weighted by molar-refractivity contribution is 5.92. The van der Waals surface area contributed by atoms with Crippen LogP contribution in [0, 0.1) is 17.8 Å². The van der Waals surface area contributed by atoms with Gasteiger partial charge in [0.2, 0.25) is 0 Å². The van der Waals surface area contributed by atoms with Crippen molar-refractivity contribution in [2.24, 2.45) is 23.5 Å². The molecule has 14 nitrogen and oxygen atoms in total. The lowest BCUT2D eigenvalue weighted by atomic mass is 9.61. The smallest absolute Gasteiger partial charge is 0.336 e. The van der Waals surface area contributed by atoms with Crippen molar-refractivity contribution in [3.05, 3.63) is 120 Å². The third-order valence-electron chi connectivity index (χ3n) is 15.7. The number of dihydropyridines is 2. The monoisotopic (exact) mass is 874 g/mol. The van der Waals surface area contributed by atoms with Crippen LogP contribution in [0.3, 0.4) is 0 Å². The molecule has 0 amide bonds. The second-order valence-corrected chi connectivity index (χ2v) is 18.9. The fourth-order valence-corrected chi connectivity index (χ4v) is 12.6. The number of allylic oxidation sites excluding steroid dienone is 5. The van der Waals surface area contributed by atoms with Gasteiger partial charge < -0.3 is 55.8 Å². The lowest BCUT2D eigenvalue weighted by Crippen LogP contribution is -2.59. The number of hydrogen-bond acceptors (Lipinski definition) is 14. The highest BCUT2D eigenvalue weighted by Crippen LogP contribution is 2.61. The predicted octanol–water partition coefficient (Wildman–Crippen LogP) is 4.67. The number of rotatable bonds is 5. The quantitative estimate of drug-likeness (QED) is 0.125. The standard InChI is InChI=1S/C50H58N4O10/c1-4-24(20-55)49(61)63-39-18-35-44(60)42-38(59)17-28(21-56)62-46(42)43-40-33-13-14-52-47(51)41(33)31(10-7-25-6-8-27(58)16-34(25)36(40)22-57)30-12-11-29-26(15-37(30)50(39,3)64-45(35)43)19-53-48-32(29)9-5-23(2)54-48/h4,6,8,13,16-17,19,23,30-31,36-37,39-40,48,52-58,60H,5,7,9-12,14-15,18,20-22,51H2,1-3H3. The number of hydrogen-bond donors (Lipinski definition) is 9. The van der Waals surface area contributed by atoms with Crippen LogP contribution >= 0.6 is 0 Å². The number of ether oxygens (including phenoxy) is 2. The maximum atomic E-state index is 14.3. The average Bonchev–Trinajstić information content (AvgIpc) is 3.45. The SMILES string of the molecule is CC=C(CO)C(=O)OC1Cc2c3c(c4oc(CO)cc(=O)c4c2O)C2C4=CCNC(N)=C4C(CCc4ccc(O)cc4C2CO)C2CCC4=C5CCC(C)NC5NC=C4CC2C1(C)O3. The molecule has 3 aromatic rings. The number of aliphatic hydroxyl groups is 3.